The molecular weight excluding hydrogens is 254 g/mol. The molecule has 0 saturated heterocycles. The van der Waals surface area contributed by atoms with Crippen molar-refractivity contribution in [3.63, 3.8) is 0 Å². The molecule has 1 rings (SSSR count). The minimum absolute atomic E-state index is 0.0751. The minimum atomic E-state index is -0.989. The first-order chi connectivity index (χ1) is 9.60. The summed E-state index contributed by atoms with van der Waals surface area (Å²) >= 11 is 0. The molecule has 1 aromatic rings. The van der Waals surface area contributed by atoms with Gasteiger partial charge in [0.1, 0.15) is 0 Å². The van der Waals surface area contributed by atoms with Crippen molar-refractivity contribution < 1.29 is 14.7 Å². The third-order valence-corrected chi connectivity index (χ3v) is 2.90. The molecular formula is C16H21NO3. The van der Waals surface area contributed by atoms with Crippen molar-refractivity contribution in [2.45, 2.75) is 26.7 Å². The first-order valence-electron chi connectivity index (χ1n) is 6.89. The van der Waals surface area contributed by atoms with Gasteiger partial charge in [0.05, 0.1) is 5.56 Å². The molecule has 0 unspecified atom stereocenters. The highest BCUT2D eigenvalue weighted by Crippen LogP contribution is 2.11. The van der Waals surface area contributed by atoms with Crippen LogP contribution < -0.4 is 0 Å². The number of aromatic carboxylic acids is 1. The Balaban J connectivity index is 2.86. The summed E-state index contributed by atoms with van der Waals surface area (Å²) in [5.41, 5.74) is 0.746. The van der Waals surface area contributed by atoms with Gasteiger partial charge in [-0.1, -0.05) is 32.0 Å². The van der Waals surface area contributed by atoms with E-state index < -0.39 is 5.97 Å². The Morgan fingerprint density at radius 3 is 2.30 bits per heavy atom. The van der Waals surface area contributed by atoms with Crippen molar-refractivity contribution in [2.24, 2.45) is 0 Å². The number of amides is 1. The Kier molecular flexibility index (Phi) is 6.50. The van der Waals surface area contributed by atoms with Crippen LogP contribution >= 0.6 is 0 Å². The lowest BCUT2D eigenvalue weighted by molar-refractivity contribution is -0.126. The molecule has 0 aliphatic heterocycles. The maximum Gasteiger partial charge on any atom is 0.336 e. The quantitative estimate of drug-likeness (QED) is 0.778. The summed E-state index contributed by atoms with van der Waals surface area (Å²) in [6.07, 6.45) is 4.84. The van der Waals surface area contributed by atoms with Gasteiger partial charge in [0.2, 0.25) is 5.91 Å². The van der Waals surface area contributed by atoms with E-state index in [1.807, 2.05) is 13.8 Å². The van der Waals surface area contributed by atoms with Gasteiger partial charge in [0, 0.05) is 19.2 Å². The van der Waals surface area contributed by atoms with Gasteiger partial charge in [-0.3, -0.25) is 4.79 Å². The molecule has 4 nitrogen and oxygen atoms in total. The zero-order valence-electron chi connectivity index (χ0n) is 12.0. The van der Waals surface area contributed by atoms with Gasteiger partial charge in [-0.15, -0.1) is 0 Å². The maximum absolute atomic E-state index is 12.1. The molecule has 20 heavy (non-hydrogen) atoms. The number of carbonyl (C=O) groups excluding carboxylic acids is 1. The zero-order valence-corrected chi connectivity index (χ0v) is 12.0. The Morgan fingerprint density at radius 2 is 1.75 bits per heavy atom. The number of carbonyl (C=O) groups is 2. The van der Waals surface area contributed by atoms with E-state index in [-0.39, 0.29) is 11.5 Å². The summed E-state index contributed by atoms with van der Waals surface area (Å²) in [7, 11) is 0. The smallest absolute Gasteiger partial charge is 0.336 e. The van der Waals surface area contributed by atoms with Crippen LogP contribution in [0.1, 0.15) is 42.6 Å². The summed E-state index contributed by atoms with van der Waals surface area (Å²) in [4.78, 5) is 24.9. The number of carboxylic acids is 1. The van der Waals surface area contributed by atoms with Gasteiger partial charge < -0.3 is 10.0 Å². The molecule has 0 spiro atoms. The van der Waals surface area contributed by atoms with Gasteiger partial charge in [-0.25, -0.2) is 4.79 Å². The van der Waals surface area contributed by atoms with Crippen LogP contribution in [0, 0.1) is 0 Å². The zero-order chi connectivity index (χ0) is 15.0. The summed E-state index contributed by atoms with van der Waals surface area (Å²) in [5, 5.41) is 9.08. The average Bonchev–Trinajstić information content (AvgIpc) is 2.44. The van der Waals surface area contributed by atoms with Crippen molar-refractivity contribution in [2.75, 3.05) is 13.1 Å². The molecule has 0 fully saturated rings. The van der Waals surface area contributed by atoms with Crippen LogP contribution in [0.3, 0.4) is 0 Å². The molecule has 0 aliphatic carbocycles. The fourth-order valence-corrected chi connectivity index (χ4v) is 1.98. The van der Waals surface area contributed by atoms with Crippen molar-refractivity contribution >= 4 is 18.0 Å². The predicted molar refractivity (Wildman–Crippen MR) is 79.6 cm³/mol. The summed E-state index contributed by atoms with van der Waals surface area (Å²) < 4.78 is 0. The topological polar surface area (TPSA) is 57.6 Å². The fourth-order valence-electron chi connectivity index (χ4n) is 1.98. The second-order valence-electron chi connectivity index (χ2n) is 4.55. The number of nitrogens with zero attached hydrogens (tertiary/aromatic N) is 1. The molecule has 0 heterocycles. The molecule has 0 aromatic heterocycles. The lowest BCUT2D eigenvalue weighted by atomic mass is 10.1. The lowest BCUT2D eigenvalue weighted by Gasteiger charge is -2.19. The fraction of sp³-hybridized carbons (Fsp3) is 0.375. The number of rotatable bonds is 7. The van der Waals surface area contributed by atoms with E-state index >= 15 is 0 Å². The second-order valence-corrected chi connectivity index (χ2v) is 4.55. The lowest BCUT2D eigenvalue weighted by Crippen LogP contribution is -2.30. The molecule has 0 bridgehead atoms. The third-order valence-electron chi connectivity index (χ3n) is 2.90. The Labute approximate surface area is 119 Å². The van der Waals surface area contributed by atoms with E-state index in [0.29, 0.717) is 5.56 Å². The van der Waals surface area contributed by atoms with Crippen LogP contribution in [0.2, 0.25) is 0 Å². The van der Waals surface area contributed by atoms with Crippen LogP contribution in [0.25, 0.3) is 6.08 Å². The van der Waals surface area contributed by atoms with E-state index in [1.54, 1.807) is 29.2 Å². The van der Waals surface area contributed by atoms with Crippen molar-refractivity contribution in [1.29, 1.82) is 0 Å². The Morgan fingerprint density at radius 1 is 1.15 bits per heavy atom. The first kappa shape index (κ1) is 16.0. The summed E-state index contributed by atoms with van der Waals surface area (Å²) in [6.45, 7) is 5.49. The summed E-state index contributed by atoms with van der Waals surface area (Å²) in [5.74, 6) is -1.06. The van der Waals surface area contributed by atoms with Gasteiger partial charge in [-0.05, 0) is 30.5 Å². The van der Waals surface area contributed by atoms with E-state index in [0.717, 1.165) is 25.9 Å². The molecule has 0 atom stereocenters. The molecule has 1 amide bonds. The molecule has 0 aliphatic rings. The van der Waals surface area contributed by atoms with Gasteiger partial charge in [-0.2, -0.15) is 0 Å². The second kappa shape index (κ2) is 8.15. The highest BCUT2D eigenvalue weighted by Gasteiger charge is 2.10. The Hall–Kier alpha value is -2.10. The monoisotopic (exact) mass is 275 g/mol. The Bertz CT molecular complexity index is 488. The molecule has 1 aromatic carbocycles. The molecule has 0 radical (unpaired) electrons. The van der Waals surface area contributed by atoms with E-state index in [2.05, 4.69) is 0 Å². The van der Waals surface area contributed by atoms with Crippen molar-refractivity contribution in [3.8, 4) is 0 Å². The van der Waals surface area contributed by atoms with Gasteiger partial charge >= 0.3 is 5.97 Å². The largest absolute Gasteiger partial charge is 0.478 e. The van der Waals surface area contributed by atoms with Crippen LogP contribution in [0.15, 0.2) is 30.3 Å². The average molecular weight is 275 g/mol. The van der Waals surface area contributed by atoms with Gasteiger partial charge in [0.15, 0.2) is 0 Å². The summed E-state index contributed by atoms with van der Waals surface area (Å²) in [6, 6.07) is 6.65. The van der Waals surface area contributed by atoms with E-state index in [4.69, 9.17) is 5.11 Å². The van der Waals surface area contributed by atoms with Crippen LogP contribution in [-0.2, 0) is 4.79 Å². The van der Waals surface area contributed by atoms with Crippen molar-refractivity contribution in [3.05, 3.63) is 41.5 Å². The van der Waals surface area contributed by atoms with Crippen LogP contribution in [-0.4, -0.2) is 35.0 Å². The first-order valence-corrected chi connectivity index (χ1v) is 6.89. The number of carboxylic acid groups (broad SMARTS) is 1. The molecule has 0 saturated carbocycles. The van der Waals surface area contributed by atoms with Gasteiger partial charge in [0.25, 0.3) is 0 Å². The van der Waals surface area contributed by atoms with E-state index in [1.165, 1.54) is 12.1 Å². The van der Waals surface area contributed by atoms with Crippen LogP contribution in [0.4, 0.5) is 0 Å². The maximum atomic E-state index is 12.1. The third kappa shape index (κ3) is 4.53. The highest BCUT2D eigenvalue weighted by atomic mass is 16.4. The van der Waals surface area contributed by atoms with Crippen molar-refractivity contribution in [1.82, 2.24) is 4.90 Å². The normalized spacial score (nSPS) is 10.7. The standard InChI is InChI=1S/C16H21NO3/c1-3-11-17(12-4-2)15(18)10-9-13-7-5-6-8-14(13)16(19)20/h5-10H,3-4,11-12H2,1-2H3,(H,19,20). The number of hydrogen-bond acceptors (Lipinski definition) is 2. The van der Waals surface area contributed by atoms with E-state index in [9.17, 15) is 9.59 Å². The molecule has 4 heteroatoms. The minimum Gasteiger partial charge on any atom is -0.478 e. The number of benzene rings is 1. The van der Waals surface area contributed by atoms with Crippen LogP contribution in [0.5, 0.6) is 0 Å². The number of hydrogen-bond donors (Lipinski definition) is 1. The molecule has 108 valence electrons. The molecule has 1 N–H and O–H groups in total. The SMILES string of the molecule is CCCN(CCC)C(=O)C=Cc1ccccc1C(=O)O. The predicted octanol–water partition coefficient (Wildman–Crippen LogP) is 3.05. The highest BCUT2D eigenvalue weighted by molar-refractivity contribution is 5.96.